The van der Waals surface area contributed by atoms with Crippen LogP contribution in [0.2, 0.25) is 5.02 Å². The summed E-state index contributed by atoms with van der Waals surface area (Å²) in [7, 11) is 0. The lowest BCUT2D eigenvalue weighted by Gasteiger charge is -2.22. The van der Waals surface area contributed by atoms with E-state index in [1.807, 2.05) is 45.0 Å². The largest absolute Gasteiger partial charge is 0.444 e. The lowest BCUT2D eigenvalue weighted by Crippen LogP contribution is -2.39. The van der Waals surface area contributed by atoms with E-state index >= 15 is 0 Å². The predicted molar refractivity (Wildman–Crippen MR) is 93.8 cm³/mol. The molecule has 4 nitrogen and oxygen atoms in total. The van der Waals surface area contributed by atoms with Gasteiger partial charge in [0.2, 0.25) is 0 Å². The zero-order valence-electron chi connectivity index (χ0n) is 14.4. The molecule has 1 fully saturated rings. The predicted octanol–water partition coefficient (Wildman–Crippen LogP) is 4.44. The molecule has 2 rings (SSSR count). The van der Waals surface area contributed by atoms with Crippen LogP contribution >= 0.6 is 11.6 Å². The minimum absolute atomic E-state index is 0.180. The van der Waals surface area contributed by atoms with Crippen molar-refractivity contribution < 1.29 is 9.53 Å². The van der Waals surface area contributed by atoms with Crippen LogP contribution in [0.1, 0.15) is 58.6 Å². The number of ether oxygens (including phenoxy) is 1. The van der Waals surface area contributed by atoms with E-state index in [4.69, 9.17) is 16.3 Å². The van der Waals surface area contributed by atoms with Crippen molar-refractivity contribution in [3.63, 3.8) is 0 Å². The second-order valence-electron chi connectivity index (χ2n) is 7.29. The van der Waals surface area contributed by atoms with E-state index < -0.39 is 5.60 Å². The number of benzene rings is 1. The molecule has 2 N–H and O–H groups in total. The Morgan fingerprint density at radius 2 is 1.83 bits per heavy atom. The molecule has 1 aromatic carbocycles. The van der Waals surface area contributed by atoms with Crippen LogP contribution in [0.5, 0.6) is 0 Å². The number of rotatable bonds is 4. The van der Waals surface area contributed by atoms with E-state index in [1.165, 1.54) is 5.56 Å². The molecule has 0 saturated heterocycles. The molecule has 1 aromatic rings. The molecule has 1 aliphatic carbocycles. The van der Waals surface area contributed by atoms with E-state index in [9.17, 15) is 4.79 Å². The normalized spacial score (nSPS) is 22.7. The first-order valence-electron chi connectivity index (χ1n) is 8.24. The molecule has 0 spiro atoms. The highest BCUT2D eigenvalue weighted by molar-refractivity contribution is 6.30. The third-order valence-corrected chi connectivity index (χ3v) is 4.26. The smallest absolute Gasteiger partial charge is 0.407 e. The summed E-state index contributed by atoms with van der Waals surface area (Å²) in [6, 6.07) is 8.77. The first kappa shape index (κ1) is 18.1. The first-order valence-corrected chi connectivity index (χ1v) is 8.62. The maximum atomic E-state index is 11.8. The van der Waals surface area contributed by atoms with Gasteiger partial charge in [-0.3, -0.25) is 0 Å². The Hall–Kier alpha value is -1.26. The van der Waals surface area contributed by atoms with Gasteiger partial charge >= 0.3 is 6.09 Å². The van der Waals surface area contributed by atoms with E-state index in [2.05, 4.69) is 17.6 Å². The van der Waals surface area contributed by atoms with E-state index in [1.54, 1.807) is 0 Å². The molecule has 0 radical (unpaired) electrons. The lowest BCUT2D eigenvalue weighted by atomic mass is 10.1. The molecule has 0 aromatic heterocycles. The highest BCUT2D eigenvalue weighted by Crippen LogP contribution is 2.24. The average Bonchev–Trinajstić information content (AvgIpc) is 2.84. The fourth-order valence-corrected chi connectivity index (χ4v) is 3.07. The molecular weight excluding hydrogens is 312 g/mol. The lowest BCUT2D eigenvalue weighted by molar-refractivity contribution is 0.0505. The maximum absolute atomic E-state index is 11.8. The molecule has 1 amide bonds. The molecule has 0 aliphatic heterocycles. The highest BCUT2D eigenvalue weighted by atomic mass is 35.5. The van der Waals surface area contributed by atoms with Crippen LogP contribution < -0.4 is 10.6 Å². The van der Waals surface area contributed by atoms with Crippen molar-refractivity contribution in [1.29, 1.82) is 0 Å². The summed E-state index contributed by atoms with van der Waals surface area (Å²) in [5, 5.41) is 7.35. The second kappa shape index (κ2) is 7.54. The molecule has 5 heteroatoms. The van der Waals surface area contributed by atoms with E-state index in [0.717, 1.165) is 24.3 Å². The summed E-state index contributed by atoms with van der Waals surface area (Å²) in [5.41, 5.74) is 0.765. The Morgan fingerprint density at radius 1 is 1.22 bits per heavy atom. The molecule has 1 aliphatic rings. The van der Waals surface area contributed by atoms with Gasteiger partial charge in [-0.25, -0.2) is 4.79 Å². The van der Waals surface area contributed by atoms with Crippen molar-refractivity contribution in [3.8, 4) is 0 Å². The van der Waals surface area contributed by atoms with E-state index in [0.29, 0.717) is 6.04 Å². The summed E-state index contributed by atoms with van der Waals surface area (Å²) in [6.07, 6.45) is 2.63. The standard InChI is InChI=1S/C18H27ClN2O2/c1-12(13-5-7-14(19)8-6-13)20-15-9-10-16(11-15)21-17(22)23-18(2,3)4/h5-8,12,15-16,20H,9-11H2,1-4H3,(H,21,22)/t12-,15?,16?/m1/s1. The summed E-state index contributed by atoms with van der Waals surface area (Å²) in [5.74, 6) is 0. The second-order valence-corrected chi connectivity index (χ2v) is 7.73. The Labute approximate surface area is 143 Å². The molecule has 23 heavy (non-hydrogen) atoms. The molecule has 2 unspecified atom stereocenters. The number of carbonyl (C=O) groups is 1. The van der Waals surface area contributed by atoms with Gasteiger partial charge in [-0.15, -0.1) is 0 Å². The number of carbonyl (C=O) groups excluding carboxylic acids is 1. The van der Waals surface area contributed by atoms with Crippen LogP contribution in [0, 0.1) is 0 Å². The number of hydrogen-bond acceptors (Lipinski definition) is 3. The minimum Gasteiger partial charge on any atom is -0.444 e. The van der Waals surface area contributed by atoms with Crippen LogP contribution in [0.3, 0.4) is 0 Å². The van der Waals surface area contributed by atoms with Crippen molar-refractivity contribution in [2.24, 2.45) is 0 Å². The first-order chi connectivity index (χ1) is 10.7. The van der Waals surface area contributed by atoms with Crippen molar-refractivity contribution >= 4 is 17.7 Å². The summed E-state index contributed by atoms with van der Waals surface area (Å²) < 4.78 is 5.31. The third-order valence-electron chi connectivity index (χ3n) is 4.01. The maximum Gasteiger partial charge on any atom is 0.407 e. The topological polar surface area (TPSA) is 50.4 Å². The van der Waals surface area contributed by atoms with Crippen LogP contribution in [0.15, 0.2) is 24.3 Å². The number of nitrogens with one attached hydrogen (secondary N) is 2. The molecular formula is C18H27ClN2O2. The molecule has 128 valence electrons. The van der Waals surface area contributed by atoms with Gasteiger partial charge in [0.05, 0.1) is 0 Å². The summed E-state index contributed by atoms with van der Waals surface area (Å²) in [6.45, 7) is 7.77. The fourth-order valence-electron chi connectivity index (χ4n) is 2.94. The van der Waals surface area contributed by atoms with Crippen molar-refractivity contribution in [1.82, 2.24) is 10.6 Å². The van der Waals surface area contributed by atoms with Crippen LogP contribution in [0.4, 0.5) is 4.79 Å². The minimum atomic E-state index is -0.455. The molecule has 0 heterocycles. The fraction of sp³-hybridized carbons (Fsp3) is 0.611. The Kier molecular flexibility index (Phi) is 5.93. The quantitative estimate of drug-likeness (QED) is 0.853. The number of amides is 1. The zero-order valence-corrected chi connectivity index (χ0v) is 15.1. The van der Waals surface area contributed by atoms with Gasteiger partial charge in [0.25, 0.3) is 0 Å². The number of hydrogen-bond donors (Lipinski definition) is 2. The van der Waals surface area contributed by atoms with Crippen LogP contribution in [-0.2, 0) is 4.74 Å². The van der Waals surface area contributed by atoms with Crippen LogP contribution in [-0.4, -0.2) is 23.8 Å². The Morgan fingerprint density at radius 3 is 2.43 bits per heavy atom. The summed E-state index contributed by atoms with van der Waals surface area (Å²) in [4.78, 5) is 11.8. The van der Waals surface area contributed by atoms with Gasteiger partial charge in [-0.2, -0.15) is 0 Å². The van der Waals surface area contributed by atoms with Gasteiger partial charge in [0.1, 0.15) is 5.60 Å². The van der Waals surface area contributed by atoms with Gasteiger partial charge in [0, 0.05) is 23.1 Å². The van der Waals surface area contributed by atoms with Gasteiger partial charge in [-0.05, 0) is 64.7 Å². The zero-order chi connectivity index (χ0) is 17.0. The van der Waals surface area contributed by atoms with Crippen molar-refractivity contribution in [3.05, 3.63) is 34.9 Å². The summed E-state index contributed by atoms with van der Waals surface area (Å²) >= 11 is 5.93. The van der Waals surface area contributed by atoms with E-state index in [-0.39, 0.29) is 18.2 Å². The number of alkyl carbamates (subject to hydrolysis) is 1. The third kappa shape index (κ3) is 6.04. The molecule has 0 bridgehead atoms. The monoisotopic (exact) mass is 338 g/mol. The van der Waals surface area contributed by atoms with Gasteiger partial charge < -0.3 is 15.4 Å². The molecule has 1 saturated carbocycles. The Balaban J connectivity index is 1.79. The average molecular weight is 339 g/mol. The highest BCUT2D eigenvalue weighted by Gasteiger charge is 2.28. The van der Waals surface area contributed by atoms with Gasteiger partial charge in [0.15, 0.2) is 0 Å². The van der Waals surface area contributed by atoms with Crippen molar-refractivity contribution in [2.75, 3.05) is 0 Å². The van der Waals surface area contributed by atoms with Gasteiger partial charge in [-0.1, -0.05) is 23.7 Å². The molecule has 3 atom stereocenters. The Bertz CT molecular complexity index is 525. The SMILES string of the molecule is C[C@@H](NC1CCC(NC(=O)OC(C)(C)C)C1)c1ccc(Cl)cc1. The number of halogens is 1. The van der Waals surface area contributed by atoms with Crippen molar-refractivity contribution in [2.45, 2.75) is 70.7 Å². The van der Waals surface area contributed by atoms with Crippen LogP contribution in [0.25, 0.3) is 0 Å².